The molecule has 4 nitrogen and oxygen atoms in total. The topological polar surface area (TPSA) is 56.8 Å². The number of nitrogens with two attached hydrogens (primary N) is 1. The first-order chi connectivity index (χ1) is 8.34. The summed E-state index contributed by atoms with van der Waals surface area (Å²) in [5.74, 6) is 0. The second-order valence-corrected chi connectivity index (χ2v) is 4.10. The smallest absolute Gasteiger partial charge is 0.282 e. The molecule has 1 atom stereocenters. The van der Waals surface area contributed by atoms with Gasteiger partial charge in [-0.15, -0.1) is 0 Å². The minimum absolute atomic E-state index is 0.0757. The van der Waals surface area contributed by atoms with Crippen molar-refractivity contribution < 1.29 is 9.47 Å². The van der Waals surface area contributed by atoms with Crippen LogP contribution in [0, 0.1) is 0 Å². The van der Waals surface area contributed by atoms with Crippen molar-refractivity contribution in [3.05, 3.63) is 35.9 Å². The number of hydrogen-bond donors (Lipinski definition) is 1. The van der Waals surface area contributed by atoms with E-state index >= 15 is 0 Å². The van der Waals surface area contributed by atoms with Crippen LogP contribution in [-0.2, 0) is 15.9 Å². The van der Waals surface area contributed by atoms with Crippen LogP contribution < -0.4 is 5.73 Å². The van der Waals surface area contributed by atoms with Crippen molar-refractivity contribution in [2.24, 2.45) is 10.7 Å². The summed E-state index contributed by atoms with van der Waals surface area (Å²) in [4.78, 5) is 4.09. The Morgan fingerprint density at radius 3 is 2.88 bits per heavy atom. The molecule has 92 valence electrons. The van der Waals surface area contributed by atoms with E-state index in [0.717, 1.165) is 19.4 Å². The zero-order valence-corrected chi connectivity index (χ0v) is 9.84. The summed E-state index contributed by atoms with van der Waals surface area (Å²) in [5.41, 5.74) is 6.75. The van der Waals surface area contributed by atoms with E-state index in [4.69, 9.17) is 15.2 Å². The third kappa shape index (κ3) is 4.07. The van der Waals surface area contributed by atoms with Crippen molar-refractivity contribution in [2.45, 2.75) is 18.9 Å². The maximum Gasteiger partial charge on any atom is 0.282 e. The van der Waals surface area contributed by atoms with E-state index in [-0.39, 0.29) is 12.1 Å². The van der Waals surface area contributed by atoms with Gasteiger partial charge < -0.3 is 15.2 Å². The summed E-state index contributed by atoms with van der Waals surface area (Å²) in [6.45, 7) is 1.89. The predicted octanol–water partition coefficient (Wildman–Crippen LogP) is 1.35. The van der Waals surface area contributed by atoms with E-state index in [1.165, 1.54) is 5.56 Å². The number of amidine groups is 1. The molecule has 0 unspecified atom stereocenters. The van der Waals surface area contributed by atoms with E-state index in [1.807, 2.05) is 6.07 Å². The highest BCUT2D eigenvalue weighted by atomic mass is 16.5. The van der Waals surface area contributed by atoms with Gasteiger partial charge in [0.1, 0.15) is 12.6 Å². The lowest BCUT2D eigenvalue weighted by Crippen LogP contribution is -2.15. The Bertz CT molecular complexity index is 365. The van der Waals surface area contributed by atoms with Crippen molar-refractivity contribution in [1.82, 2.24) is 0 Å². The van der Waals surface area contributed by atoms with Crippen molar-refractivity contribution in [3.8, 4) is 0 Å². The highest BCUT2D eigenvalue weighted by Crippen LogP contribution is 2.04. The molecule has 0 aliphatic carbocycles. The molecule has 0 radical (unpaired) electrons. The molecule has 1 aliphatic heterocycles. The van der Waals surface area contributed by atoms with Gasteiger partial charge in [0.2, 0.25) is 0 Å². The Balaban J connectivity index is 1.55. The number of aryl methyl sites for hydroxylation is 1. The van der Waals surface area contributed by atoms with Crippen LogP contribution in [0.1, 0.15) is 12.0 Å². The van der Waals surface area contributed by atoms with Gasteiger partial charge in [-0.25, -0.2) is 4.99 Å². The van der Waals surface area contributed by atoms with Crippen LogP contribution in [-0.4, -0.2) is 31.9 Å². The lowest BCUT2D eigenvalue weighted by Gasteiger charge is -2.06. The highest BCUT2D eigenvalue weighted by molar-refractivity contribution is 5.73. The summed E-state index contributed by atoms with van der Waals surface area (Å²) < 4.78 is 10.6. The van der Waals surface area contributed by atoms with Gasteiger partial charge in [-0.3, -0.25) is 0 Å². The van der Waals surface area contributed by atoms with E-state index in [9.17, 15) is 0 Å². The molecule has 0 spiro atoms. The van der Waals surface area contributed by atoms with Gasteiger partial charge in [-0.2, -0.15) is 0 Å². The monoisotopic (exact) mass is 234 g/mol. The third-order valence-corrected chi connectivity index (χ3v) is 2.64. The van der Waals surface area contributed by atoms with Gasteiger partial charge in [0.05, 0.1) is 6.61 Å². The molecule has 0 saturated carbocycles. The summed E-state index contributed by atoms with van der Waals surface area (Å²) in [5, 5.41) is 0. The average molecular weight is 234 g/mol. The summed E-state index contributed by atoms with van der Waals surface area (Å²) >= 11 is 0. The van der Waals surface area contributed by atoms with Crippen molar-refractivity contribution in [1.29, 1.82) is 0 Å². The molecule has 0 fully saturated rings. The molecule has 1 heterocycles. The van der Waals surface area contributed by atoms with Crippen molar-refractivity contribution >= 4 is 6.02 Å². The Morgan fingerprint density at radius 2 is 2.18 bits per heavy atom. The molecule has 1 aromatic rings. The molecule has 0 saturated heterocycles. The summed E-state index contributed by atoms with van der Waals surface area (Å²) in [6.07, 6.45) is 2.07. The van der Waals surface area contributed by atoms with Crippen LogP contribution in [0.5, 0.6) is 0 Å². The van der Waals surface area contributed by atoms with E-state index < -0.39 is 0 Å². The number of hydrogen-bond acceptors (Lipinski definition) is 4. The maximum atomic E-state index is 5.54. The van der Waals surface area contributed by atoms with Gasteiger partial charge in [0.25, 0.3) is 6.02 Å². The molecule has 0 amide bonds. The van der Waals surface area contributed by atoms with Gasteiger partial charge in [-0.1, -0.05) is 30.3 Å². The van der Waals surface area contributed by atoms with E-state index in [2.05, 4.69) is 29.3 Å². The highest BCUT2D eigenvalue weighted by Gasteiger charge is 2.16. The lowest BCUT2D eigenvalue weighted by atomic mass is 10.1. The Morgan fingerprint density at radius 1 is 1.35 bits per heavy atom. The van der Waals surface area contributed by atoms with Crippen LogP contribution in [0.2, 0.25) is 0 Å². The van der Waals surface area contributed by atoms with Crippen LogP contribution in [0.15, 0.2) is 35.3 Å². The molecule has 0 bridgehead atoms. The molecule has 1 aromatic carbocycles. The SMILES string of the molecule is NC1=N[C@@H](COCCCc2ccccc2)CO1. The number of ether oxygens (including phenoxy) is 2. The van der Waals surface area contributed by atoms with Crippen LogP contribution in [0.3, 0.4) is 0 Å². The fraction of sp³-hybridized carbons (Fsp3) is 0.462. The molecule has 2 rings (SSSR count). The molecular formula is C13H18N2O2. The Hall–Kier alpha value is -1.55. The molecule has 17 heavy (non-hydrogen) atoms. The maximum absolute atomic E-state index is 5.54. The van der Waals surface area contributed by atoms with Crippen molar-refractivity contribution in [3.63, 3.8) is 0 Å². The van der Waals surface area contributed by atoms with Gasteiger partial charge in [-0.05, 0) is 18.4 Å². The minimum atomic E-state index is 0.0757. The first-order valence-corrected chi connectivity index (χ1v) is 5.92. The van der Waals surface area contributed by atoms with E-state index in [0.29, 0.717) is 13.2 Å². The minimum Gasteiger partial charge on any atom is -0.463 e. The Labute approximate surface area is 101 Å². The lowest BCUT2D eigenvalue weighted by molar-refractivity contribution is 0.111. The van der Waals surface area contributed by atoms with Crippen LogP contribution in [0.4, 0.5) is 0 Å². The summed E-state index contributed by atoms with van der Waals surface area (Å²) in [6, 6.07) is 10.8. The molecular weight excluding hydrogens is 216 g/mol. The van der Waals surface area contributed by atoms with Gasteiger partial charge in [0.15, 0.2) is 0 Å². The zero-order chi connectivity index (χ0) is 11.9. The second kappa shape index (κ2) is 6.25. The summed E-state index contributed by atoms with van der Waals surface area (Å²) in [7, 11) is 0. The zero-order valence-electron chi connectivity index (χ0n) is 9.84. The fourth-order valence-electron chi connectivity index (χ4n) is 1.76. The van der Waals surface area contributed by atoms with Crippen molar-refractivity contribution in [2.75, 3.05) is 19.8 Å². The average Bonchev–Trinajstić information content (AvgIpc) is 2.76. The van der Waals surface area contributed by atoms with E-state index in [1.54, 1.807) is 0 Å². The molecule has 1 aliphatic rings. The first kappa shape index (κ1) is 11.9. The largest absolute Gasteiger partial charge is 0.463 e. The van der Waals surface area contributed by atoms with Crippen LogP contribution in [0.25, 0.3) is 0 Å². The predicted molar refractivity (Wildman–Crippen MR) is 66.9 cm³/mol. The first-order valence-electron chi connectivity index (χ1n) is 5.92. The van der Waals surface area contributed by atoms with Gasteiger partial charge >= 0.3 is 0 Å². The third-order valence-electron chi connectivity index (χ3n) is 2.64. The number of benzene rings is 1. The normalized spacial score (nSPS) is 18.8. The van der Waals surface area contributed by atoms with Crippen LogP contribution >= 0.6 is 0 Å². The number of nitrogens with zero attached hydrogens (tertiary/aromatic N) is 1. The number of aliphatic imine (C=N–C) groups is 1. The fourth-order valence-corrected chi connectivity index (χ4v) is 1.76. The second-order valence-electron chi connectivity index (χ2n) is 4.10. The number of rotatable bonds is 6. The molecule has 2 N–H and O–H groups in total. The Kier molecular flexibility index (Phi) is 4.38. The molecule has 4 heteroatoms. The molecule has 0 aromatic heterocycles. The standard InChI is InChI=1S/C13H18N2O2/c14-13-15-12(10-17-13)9-16-8-4-7-11-5-2-1-3-6-11/h1-3,5-6,12H,4,7-10H2,(H2,14,15)/t12-/m0/s1. The quantitative estimate of drug-likeness (QED) is 0.756. The van der Waals surface area contributed by atoms with Gasteiger partial charge in [0, 0.05) is 6.61 Å².